The standard InChI is InChI=1S/C11H13N3O3S/c1-7-5-9(3-4-10(7)12)18(15,16)14-11-6-8(2)17-13-11/h3-6H,12H2,1-2H3,(H,13,14). The number of nitrogens with two attached hydrogens (primary N) is 1. The minimum absolute atomic E-state index is 0.134. The summed E-state index contributed by atoms with van der Waals surface area (Å²) < 4.78 is 31.2. The van der Waals surface area contributed by atoms with Crippen LogP contribution in [0.5, 0.6) is 0 Å². The molecular weight excluding hydrogens is 254 g/mol. The molecule has 96 valence electrons. The molecule has 0 unspecified atom stereocenters. The first kappa shape index (κ1) is 12.4. The number of aryl methyl sites for hydroxylation is 2. The van der Waals surface area contributed by atoms with E-state index in [0.717, 1.165) is 0 Å². The fraction of sp³-hybridized carbons (Fsp3) is 0.182. The molecule has 0 aliphatic heterocycles. The Balaban J connectivity index is 2.33. The Kier molecular flexibility index (Phi) is 3.00. The highest BCUT2D eigenvalue weighted by molar-refractivity contribution is 7.92. The molecule has 1 aromatic carbocycles. The predicted octanol–water partition coefficient (Wildman–Crippen LogP) is 1.67. The van der Waals surface area contributed by atoms with Gasteiger partial charge in [-0.1, -0.05) is 5.16 Å². The number of anilines is 2. The quantitative estimate of drug-likeness (QED) is 0.824. The molecule has 0 spiro atoms. The third kappa shape index (κ3) is 2.45. The van der Waals surface area contributed by atoms with Gasteiger partial charge in [-0.25, -0.2) is 8.42 Å². The molecule has 7 heteroatoms. The van der Waals surface area contributed by atoms with Crippen LogP contribution in [0.2, 0.25) is 0 Å². The highest BCUT2D eigenvalue weighted by Crippen LogP contribution is 2.19. The van der Waals surface area contributed by atoms with Crippen LogP contribution in [0.1, 0.15) is 11.3 Å². The number of nitrogen functional groups attached to an aromatic ring is 1. The Morgan fingerprint density at radius 1 is 1.28 bits per heavy atom. The Bertz CT molecular complexity index is 677. The molecule has 6 nitrogen and oxygen atoms in total. The van der Waals surface area contributed by atoms with Crippen molar-refractivity contribution in [2.75, 3.05) is 10.5 Å². The number of sulfonamides is 1. The maximum atomic E-state index is 12.0. The zero-order valence-electron chi connectivity index (χ0n) is 9.97. The first-order valence-electron chi connectivity index (χ1n) is 5.21. The van der Waals surface area contributed by atoms with E-state index in [2.05, 4.69) is 9.88 Å². The average molecular weight is 267 g/mol. The predicted molar refractivity (Wildman–Crippen MR) is 67.6 cm³/mol. The van der Waals surface area contributed by atoms with E-state index < -0.39 is 10.0 Å². The van der Waals surface area contributed by atoms with Gasteiger partial charge in [0.2, 0.25) is 0 Å². The maximum Gasteiger partial charge on any atom is 0.263 e. The topological polar surface area (TPSA) is 98.2 Å². The summed E-state index contributed by atoms with van der Waals surface area (Å²) in [5.41, 5.74) is 6.90. The highest BCUT2D eigenvalue weighted by Gasteiger charge is 2.16. The smallest absolute Gasteiger partial charge is 0.263 e. The van der Waals surface area contributed by atoms with E-state index >= 15 is 0 Å². The highest BCUT2D eigenvalue weighted by atomic mass is 32.2. The number of nitrogens with zero attached hydrogens (tertiary/aromatic N) is 1. The summed E-state index contributed by atoms with van der Waals surface area (Å²) in [7, 11) is -3.67. The summed E-state index contributed by atoms with van der Waals surface area (Å²) in [5, 5.41) is 3.58. The molecule has 1 heterocycles. The van der Waals surface area contributed by atoms with Gasteiger partial charge in [0.1, 0.15) is 5.76 Å². The molecule has 0 bridgehead atoms. The van der Waals surface area contributed by atoms with Crippen LogP contribution in [-0.2, 0) is 10.0 Å². The minimum Gasteiger partial charge on any atom is -0.399 e. The van der Waals surface area contributed by atoms with Crippen molar-refractivity contribution in [1.82, 2.24) is 5.16 Å². The largest absolute Gasteiger partial charge is 0.399 e. The molecule has 2 aromatic rings. The molecule has 0 aliphatic carbocycles. The van der Waals surface area contributed by atoms with Gasteiger partial charge in [-0.2, -0.15) is 0 Å². The second-order valence-corrected chi connectivity index (χ2v) is 5.63. The number of aromatic nitrogens is 1. The molecule has 0 fully saturated rings. The molecule has 2 rings (SSSR count). The Morgan fingerprint density at radius 3 is 2.56 bits per heavy atom. The number of rotatable bonds is 3. The molecule has 0 saturated heterocycles. The lowest BCUT2D eigenvalue weighted by Gasteiger charge is -2.07. The van der Waals surface area contributed by atoms with E-state index in [9.17, 15) is 8.42 Å². The van der Waals surface area contributed by atoms with Crippen LogP contribution in [0.4, 0.5) is 11.5 Å². The summed E-state index contributed by atoms with van der Waals surface area (Å²) in [5.74, 6) is 0.683. The molecule has 0 saturated carbocycles. The summed E-state index contributed by atoms with van der Waals surface area (Å²) in [6, 6.07) is 6.00. The zero-order chi connectivity index (χ0) is 13.3. The third-order valence-electron chi connectivity index (χ3n) is 2.42. The SMILES string of the molecule is Cc1cc(NS(=O)(=O)c2ccc(N)c(C)c2)no1. The van der Waals surface area contributed by atoms with Crippen LogP contribution in [0.25, 0.3) is 0 Å². The van der Waals surface area contributed by atoms with Gasteiger partial charge in [0.05, 0.1) is 4.90 Å². The third-order valence-corrected chi connectivity index (χ3v) is 3.77. The van der Waals surface area contributed by atoms with Crippen LogP contribution in [0.15, 0.2) is 33.7 Å². The molecule has 1 aromatic heterocycles. The fourth-order valence-corrected chi connectivity index (χ4v) is 2.49. The molecular formula is C11H13N3O3S. The van der Waals surface area contributed by atoms with Crippen molar-refractivity contribution in [3.63, 3.8) is 0 Å². The number of nitrogens with one attached hydrogen (secondary N) is 1. The monoisotopic (exact) mass is 267 g/mol. The first-order chi connectivity index (χ1) is 8.38. The molecule has 3 N–H and O–H groups in total. The van der Waals surface area contributed by atoms with E-state index in [4.69, 9.17) is 10.3 Å². The van der Waals surface area contributed by atoms with Crippen molar-refractivity contribution in [3.05, 3.63) is 35.6 Å². The van der Waals surface area contributed by atoms with E-state index in [1.54, 1.807) is 19.9 Å². The molecule has 18 heavy (non-hydrogen) atoms. The van der Waals surface area contributed by atoms with Gasteiger partial charge in [-0.05, 0) is 37.6 Å². The van der Waals surface area contributed by atoms with E-state index in [-0.39, 0.29) is 10.7 Å². The van der Waals surface area contributed by atoms with Gasteiger partial charge in [-0.3, -0.25) is 4.72 Å². The number of benzene rings is 1. The van der Waals surface area contributed by atoms with Crippen LogP contribution < -0.4 is 10.5 Å². The fourth-order valence-electron chi connectivity index (χ4n) is 1.43. The normalized spacial score (nSPS) is 11.4. The summed E-state index contributed by atoms with van der Waals surface area (Å²) in [6.45, 7) is 3.42. The number of hydrogen-bond donors (Lipinski definition) is 2. The molecule has 0 aliphatic rings. The zero-order valence-corrected chi connectivity index (χ0v) is 10.8. The van der Waals surface area contributed by atoms with E-state index in [0.29, 0.717) is 17.0 Å². The molecule has 0 amide bonds. The first-order valence-corrected chi connectivity index (χ1v) is 6.69. The lowest BCUT2D eigenvalue weighted by atomic mass is 10.2. The van der Waals surface area contributed by atoms with Crippen molar-refractivity contribution in [2.45, 2.75) is 18.7 Å². The van der Waals surface area contributed by atoms with E-state index in [1.165, 1.54) is 18.2 Å². The van der Waals surface area contributed by atoms with Crippen LogP contribution in [0, 0.1) is 13.8 Å². The Labute approximate surface area is 105 Å². The van der Waals surface area contributed by atoms with E-state index in [1.807, 2.05) is 0 Å². The Hall–Kier alpha value is -2.02. The maximum absolute atomic E-state index is 12.0. The van der Waals surface area contributed by atoms with Gasteiger partial charge >= 0.3 is 0 Å². The van der Waals surface area contributed by atoms with Crippen LogP contribution in [0.3, 0.4) is 0 Å². The van der Waals surface area contributed by atoms with Crippen molar-refractivity contribution < 1.29 is 12.9 Å². The van der Waals surface area contributed by atoms with Crippen molar-refractivity contribution in [3.8, 4) is 0 Å². The second kappa shape index (κ2) is 4.34. The Morgan fingerprint density at radius 2 is 2.00 bits per heavy atom. The van der Waals surface area contributed by atoms with Crippen molar-refractivity contribution in [1.29, 1.82) is 0 Å². The van der Waals surface area contributed by atoms with Crippen molar-refractivity contribution in [2.24, 2.45) is 0 Å². The minimum atomic E-state index is -3.67. The molecule has 0 radical (unpaired) electrons. The van der Waals surface area contributed by atoms with Crippen LogP contribution >= 0.6 is 0 Å². The molecule has 0 atom stereocenters. The van der Waals surface area contributed by atoms with Crippen molar-refractivity contribution >= 4 is 21.5 Å². The lowest BCUT2D eigenvalue weighted by molar-refractivity contribution is 0.400. The van der Waals surface area contributed by atoms with Gasteiger partial charge in [-0.15, -0.1) is 0 Å². The van der Waals surface area contributed by atoms with Gasteiger partial charge in [0.15, 0.2) is 5.82 Å². The van der Waals surface area contributed by atoms with Gasteiger partial charge < -0.3 is 10.3 Å². The number of hydrogen-bond acceptors (Lipinski definition) is 5. The summed E-state index contributed by atoms with van der Waals surface area (Å²) >= 11 is 0. The second-order valence-electron chi connectivity index (χ2n) is 3.95. The summed E-state index contributed by atoms with van der Waals surface area (Å²) in [4.78, 5) is 0.134. The lowest BCUT2D eigenvalue weighted by Crippen LogP contribution is -2.13. The van der Waals surface area contributed by atoms with Crippen LogP contribution in [-0.4, -0.2) is 13.6 Å². The van der Waals surface area contributed by atoms with Gasteiger partial charge in [0, 0.05) is 11.8 Å². The van der Waals surface area contributed by atoms with Gasteiger partial charge in [0.25, 0.3) is 10.0 Å². The average Bonchev–Trinajstić information content (AvgIpc) is 2.67. The summed E-state index contributed by atoms with van der Waals surface area (Å²) in [6.07, 6.45) is 0.